The zero-order valence-corrected chi connectivity index (χ0v) is 14.9. The number of halogens is 1. The number of hydrogen-bond acceptors (Lipinski definition) is 3. The fraction of sp³-hybridized carbons (Fsp3) is 0.381. The van der Waals surface area contributed by atoms with E-state index in [0.717, 1.165) is 19.5 Å². The van der Waals surface area contributed by atoms with Crippen LogP contribution in [-0.2, 0) is 17.6 Å². The van der Waals surface area contributed by atoms with E-state index in [1.807, 2.05) is 23.1 Å². The Bertz CT molecular complexity index is 722. The van der Waals surface area contributed by atoms with Gasteiger partial charge in [0.25, 0.3) is 0 Å². The van der Waals surface area contributed by atoms with Gasteiger partial charge in [-0.3, -0.25) is 4.79 Å². The van der Waals surface area contributed by atoms with Gasteiger partial charge in [-0.2, -0.15) is 0 Å². The van der Waals surface area contributed by atoms with Gasteiger partial charge in [0.05, 0.1) is 0 Å². The van der Waals surface area contributed by atoms with E-state index in [2.05, 4.69) is 17.4 Å². The van der Waals surface area contributed by atoms with Gasteiger partial charge in [-0.15, -0.1) is 0 Å². The minimum absolute atomic E-state index is 0.0521. The first-order valence-electron chi connectivity index (χ1n) is 9.16. The minimum atomic E-state index is -0.383. The molecule has 26 heavy (non-hydrogen) atoms. The molecule has 0 aromatic heterocycles. The fourth-order valence-electron chi connectivity index (χ4n) is 3.52. The predicted octanol–water partition coefficient (Wildman–Crippen LogP) is 2.13. The van der Waals surface area contributed by atoms with Crippen LogP contribution >= 0.6 is 0 Å². The molecule has 0 radical (unpaired) electrons. The Morgan fingerprint density at radius 1 is 1.19 bits per heavy atom. The highest BCUT2D eigenvalue weighted by Crippen LogP contribution is 2.15. The van der Waals surface area contributed by atoms with Crippen LogP contribution in [0.5, 0.6) is 0 Å². The second-order valence-electron chi connectivity index (χ2n) is 6.89. The third-order valence-electron chi connectivity index (χ3n) is 4.86. The molecule has 0 spiro atoms. The highest BCUT2D eigenvalue weighted by atomic mass is 19.1. The third kappa shape index (κ3) is 4.90. The van der Waals surface area contributed by atoms with Gasteiger partial charge in [-0.1, -0.05) is 48.5 Å². The van der Waals surface area contributed by atoms with Crippen LogP contribution in [0.3, 0.4) is 0 Å². The summed E-state index contributed by atoms with van der Waals surface area (Å²) in [6.45, 7) is 2.26. The molecular formula is C21H26FN3O. The summed E-state index contributed by atoms with van der Waals surface area (Å²) in [5.41, 5.74) is 7.93. The predicted molar refractivity (Wildman–Crippen MR) is 101 cm³/mol. The number of nitrogens with zero attached hydrogens (tertiary/aromatic N) is 1. The van der Waals surface area contributed by atoms with Crippen molar-refractivity contribution in [3.8, 4) is 0 Å². The van der Waals surface area contributed by atoms with E-state index in [1.165, 1.54) is 11.6 Å². The van der Waals surface area contributed by atoms with Gasteiger partial charge in [0.1, 0.15) is 5.82 Å². The Balaban J connectivity index is 1.60. The zero-order chi connectivity index (χ0) is 18.4. The van der Waals surface area contributed by atoms with Crippen molar-refractivity contribution in [3.05, 3.63) is 71.5 Å². The van der Waals surface area contributed by atoms with Crippen LogP contribution in [0.25, 0.3) is 0 Å². The molecule has 138 valence electrons. The van der Waals surface area contributed by atoms with Gasteiger partial charge in [-0.25, -0.2) is 4.39 Å². The lowest BCUT2D eigenvalue weighted by atomic mass is 10.00. The lowest BCUT2D eigenvalue weighted by molar-refractivity contribution is -0.134. The average molecular weight is 355 g/mol. The van der Waals surface area contributed by atoms with Crippen molar-refractivity contribution >= 4 is 5.91 Å². The molecule has 1 aliphatic rings. The lowest BCUT2D eigenvalue weighted by Gasteiger charge is -2.37. The second kappa shape index (κ2) is 8.92. The fourth-order valence-corrected chi connectivity index (χ4v) is 3.52. The van der Waals surface area contributed by atoms with E-state index >= 15 is 0 Å². The summed E-state index contributed by atoms with van der Waals surface area (Å²) in [5.74, 6) is -0.212. The van der Waals surface area contributed by atoms with Gasteiger partial charge in [0.15, 0.2) is 0 Å². The van der Waals surface area contributed by atoms with Crippen LogP contribution in [0.1, 0.15) is 17.5 Å². The Hall–Kier alpha value is -2.24. The standard InChI is InChI=1S/C21H26FN3O/c22-20-9-5-4-8-17(20)13-18(23)14-21(26)25-11-10-24-15-19(25)12-16-6-2-1-3-7-16/h1-9,18-19,24H,10-15,23H2. The minimum Gasteiger partial charge on any atom is -0.337 e. The normalized spacial score (nSPS) is 18.5. The van der Waals surface area contributed by atoms with Gasteiger partial charge < -0.3 is 16.0 Å². The average Bonchev–Trinajstić information content (AvgIpc) is 2.65. The summed E-state index contributed by atoms with van der Waals surface area (Å²) in [7, 11) is 0. The molecule has 4 nitrogen and oxygen atoms in total. The topological polar surface area (TPSA) is 58.4 Å². The van der Waals surface area contributed by atoms with E-state index in [9.17, 15) is 9.18 Å². The van der Waals surface area contributed by atoms with Crippen molar-refractivity contribution in [2.24, 2.45) is 5.73 Å². The Kier molecular flexibility index (Phi) is 6.36. The molecule has 0 saturated carbocycles. The largest absolute Gasteiger partial charge is 0.337 e. The van der Waals surface area contributed by atoms with Gasteiger partial charge >= 0.3 is 0 Å². The maximum absolute atomic E-state index is 13.8. The summed E-state index contributed by atoms with van der Waals surface area (Å²) >= 11 is 0. The van der Waals surface area contributed by atoms with Crippen LogP contribution in [0.2, 0.25) is 0 Å². The maximum atomic E-state index is 13.8. The van der Waals surface area contributed by atoms with Gasteiger partial charge in [0.2, 0.25) is 5.91 Å². The number of hydrogen-bond donors (Lipinski definition) is 2. The quantitative estimate of drug-likeness (QED) is 0.835. The molecule has 3 rings (SSSR count). The summed E-state index contributed by atoms with van der Waals surface area (Å²) in [6.07, 6.45) is 1.43. The van der Waals surface area contributed by atoms with E-state index in [1.54, 1.807) is 18.2 Å². The molecule has 1 amide bonds. The van der Waals surface area contributed by atoms with Crippen LogP contribution < -0.4 is 11.1 Å². The summed E-state index contributed by atoms with van der Waals surface area (Å²) < 4.78 is 13.8. The van der Waals surface area contributed by atoms with Gasteiger partial charge in [0, 0.05) is 38.1 Å². The molecule has 1 saturated heterocycles. The number of benzene rings is 2. The Labute approximate surface area is 154 Å². The van der Waals surface area contributed by atoms with E-state index < -0.39 is 0 Å². The molecule has 1 fully saturated rings. The number of nitrogens with one attached hydrogen (secondary N) is 1. The van der Waals surface area contributed by atoms with Gasteiger partial charge in [-0.05, 0) is 30.0 Å². The molecule has 0 bridgehead atoms. The molecule has 1 aliphatic heterocycles. The first-order chi connectivity index (χ1) is 12.6. The first kappa shape index (κ1) is 18.5. The second-order valence-corrected chi connectivity index (χ2v) is 6.89. The lowest BCUT2D eigenvalue weighted by Crippen LogP contribution is -2.55. The summed E-state index contributed by atoms with van der Waals surface area (Å²) in [6, 6.07) is 16.5. The molecule has 2 unspecified atom stereocenters. The molecule has 2 aromatic carbocycles. The molecule has 2 aromatic rings. The molecule has 1 heterocycles. The first-order valence-corrected chi connectivity index (χ1v) is 9.16. The number of rotatable bonds is 6. The number of piperazine rings is 1. The SMILES string of the molecule is NC(CC(=O)N1CCNCC1Cc1ccccc1)Cc1ccccc1F. The Morgan fingerprint density at radius 3 is 2.69 bits per heavy atom. The van der Waals surface area contributed by atoms with Crippen molar-refractivity contribution in [2.75, 3.05) is 19.6 Å². The van der Waals surface area contributed by atoms with Crippen LogP contribution in [0.4, 0.5) is 4.39 Å². The van der Waals surface area contributed by atoms with Crippen molar-refractivity contribution in [2.45, 2.75) is 31.3 Å². The maximum Gasteiger partial charge on any atom is 0.224 e. The number of nitrogens with two attached hydrogens (primary N) is 1. The molecule has 0 aliphatic carbocycles. The van der Waals surface area contributed by atoms with Crippen LogP contribution in [-0.4, -0.2) is 42.5 Å². The number of carbonyl (C=O) groups excluding carboxylic acids is 1. The number of carbonyl (C=O) groups is 1. The van der Waals surface area contributed by atoms with Crippen molar-refractivity contribution in [3.63, 3.8) is 0 Å². The summed E-state index contributed by atoms with van der Waals surface area (Å²) in [4.78, 5) is 14.7. The van der Waals surface area contributed by atoms with Crippen LogP contribution in [0.15, 0.2) is 54.6 Å². The van der Waals surface area contributed by atoms with Crippen LogP contribution in [0, 0.1) is 5.82 Å². The third-order valence-corrected chi connectivity index (χ3v) is 4.86. The number of amides is 1. The Morgan fingerprint density at radius 2 is 1.92 bits per heavy atom. The monoisotopic (exact) mass is 355 g/mol. The molecular weight excluding hydrogens is 329 g/mol. The zero-order valence-electron chi connectivity index (χ0n) is 14.9. The highest BCUT2D eigenvalue weighted by molar-refractivity contribution is 5.77. The van der Waals surface area contributed by atoms with Crippen molar-refractivity contribution in [1.29, 1.82) is 0 Å². The molecule has 3 N–H and O–H groups in total. The van der Waals surface area contributed by atoms with E-state index in [4.69, 9.17) is 5.73 Å². The van der Waals surface area contributed by atoms with E-state index in [-0.39, 0.29) is 30.2 Å². The van der Waals surface area contributed by atoms with Crippen molar-refractivity contribution in [1.82, 2.24) is 10.2 Å². The smallest absolute Gasteiger partial charge is 0.224 e. The van der Waals surface area contributed by atoms with Crippen molar-refractivity contribution < 1.29 is 9.18 Å². The molecule has 2 atom stereocenters. The highest BCUT2D eigenvalue weighted by Gasteiger charge is 2.27. The molecule has 5 heteroatoms. The summed E-state index contributed by atoms with van der Waals surface area (Å²) in [5, 5.41) is 3.37. The van der Waals surface area contributed by atoms with E-state index in [0.29, 0.717) is 18.5 Å².